The van der Waals surface area contributed by atoms with Crippen molar-refractivity contribution in [2.24, 2.45) is 0 Å². The Bertz CT molecular complexity index is 303. The molecule has 0 saturated carbocycles. The molecule has 5 heteroatoms. The van der Waals surface area contributed by atoms with Gasteiger partial charge in [-0.2, -0.15) is 0 Å². The summed E-state index contributed by atoms with van der Waals surface area (Å²) in [6.07, 6.45) is 3.83. The molecule has 76 valence electrons. The van der Waals surface area contributed by atoms with Gasteiger partial charge in [-0.05, 0) is 12.8 Å². The molecule has 0 radical (unpaired) electrons. The summed E-state index contributed by atoms with van der Waals surface area (Å²) in [6, 6.07) is 0. The van der Waals surface area contributed by atoms with Crippen LogP contribution in [0.3, 0.4) is 0 Å². The number of rotatable bonds is 0. The van der Waals surface area contributed by atoms with Gasteiger partial charge in [-0.1, -0.05) is 6.08 Å². The van der Waals surface area contributed by atoms with E-state index in [-0.39, 0.29) is 11.4 Å². The Balaban J connectivity index is 1.99. The lowest BCUT2D eigenvalue weighted by Crippen LogP contribution is -2.52. The molecule has 5 nitrogen and oxygen atoms in total. The zero-order chi connectivity index (χ0) is 10.2. The molecule has 0 aromatic rings. The highest BCUT2D eigenvalue weighted by molar-refractivity contribution is 5.91. The van der Waals surface area contributed by atoms with Crippen molar-refractivity contribution in [3.63, 3.8) is 0 Å². The van der Waals surface area contributed by atoms with E-state index in [2.05, 4.69) is 5.32 Å². The highest BCUT2D eigenvalue weighted by Gasteiger charge is 2.37. The van der Waals surface area contributed by atoms with Gasteiger partial charge < -0.3 is 15.3 Å². The van der Waals surface area contributed by atoms with E-state index in [1.54, 1.807) is 0 Å². The van der Waals surface area contributed by atoms with Crippen LogP contribution >= 0.6 is 0 Å². The number of hydrogen-bond acceptors (Lipinski definition) is 2. The largest absolute Gasteiger partial charge is 0.465 e. The number of nitrogens with zero attached hydrogens (tertiary/aromatic N) is 1. The third kappa shape index (κ3) is 1.45. The molecule has 2 amide bonds. The molecule has 2 aliphatic rings. The number of likely N-dealkylation sites (tertiary alicyclic amines) is 1. The Morgan fingerprint density at radius 1 is 1.50 bits per heavy atom. The van der Waals surface area contributed by atoms with E-state index in [1.807, 2.05) is 6.08 Å². The van der Waals surface area contributed by atoms with Gasteiger partial charge >= 0.3 is 6.09 Å². The van der Waals surface area contributed by atoms with E-state index in [9.17, 15) is 9.59 Å². The predicted molar refractivity (Wildman–Crippen MR) is 48.8 cm³/mol. The van der Waals surface area contributed by atoms with Gasteiger partial charge in [-0.25, -0.2) is 4.79 Å². The summed E-state index contributed by atoms with van der Waals surface area (Å²) in [5.74, 6) is -0.0752. The molecule has 2 aliphatic heterocycles. The lowest BCUT2D eigenvalue weighted by Gasteiger charge is -2.36. The number of carbonyl (C=O) groups is 2. The number of amides is 2. The molecule has 2 N–H and O–H groups in total. The third-order valence-electron chi connectivity index (χ3n) is 2.85. The van der Waals surface area contributed by atoms with Gasteiger partial charge in [0.05, 0.1) is 5.54 Å². The van der Waals surface area contributed by atoms with Crippen molar-refractivity contribution in [3.8, 4) is 0 Å². The van der Waals surface area contributed by atoms with Crippen LogP contribution in [0, 0.1) is 0 Å². The van der Waals surface area contributed by atoms with Crippen molar-refractivity contribution >= 4 is 12.0 Å². The Hall–Kier alpha value is -1.52. The fraction of sp³-hybridized carbons (Fsp3) is 0.556. The SMILES string of the molecule is O=C1C=CC2(CCN(C(=O)O)CC2)N1. The Labute approximate surface area is 81.4 Å². The van der Waals surface area contributed by atoms with E-state index in [0.29, 0.717) is 25.9 Å². The maximum absolute atomic E-state index is 11.0. The van der Waals surface area contributed by atoms with Gasteiger partial charge in [0.25, 0.3) is 0 Å². The summed E-state index contributed by atoms with van der Waals surface area (Å²) < 4.78 is 0. The first-order chi connectivity index (χ1) is 6.61. The van der Waals surface area contributed by atoms with Gasteiger partial charge in [-0.3, -0.25) is 4.79 Å². The fourth-order valence-corrected chi connectivity index (χ4v) is 1.95. The second-order valence-corrected chi connectivity index (χ2v) is 3.75. The molecule has 0 aromatic carbocycles. The molecule has 1 fully saturated rings. The normalized spacial score (nSPS) is 24.0. The summed E-state index contributed by atoms with van der Waals surface area (Å²) >= 11 is 0. The van der Waals surface area contributed by atoms with Crippen molar-refractivity contribution in [2.45, 2.75) is 18.4 Å². The molecule has 0 aliphatic carbocycles. The Kier molecular flexibility index (Phi) is 1.94. The maximum Gasteiger partial charge on any atom is 0.407 e. The predicted octanol–water partition coefficient (Wildman–Crippen LogP) is 0.185. The molecule has 2 rings (SSSR count). The minimum absolute atomic E-state index is 0.0752. The summed E-state index contributed by atoms with van der Waals surface area (Å²) in [4.78, 5) is 23.0. The highest BCUT2D eigenvalue weighted by Crippen LogP contribution is 2.26. The molecular formula is C9H12N2O3. The summed E-state index contributed by atoms with van der Waals surface area (Å²) in [5.41, 5.74) is -0.275. The number of piperidine rings is 1. The van der Waals surface area contributed by atoms with Crippen LogP contribution in [0.1, 0.15) is 12.8 Å². The standard InChI is InChI=1S/C9H12N2O3/c12-7-1-2-9(10-7)3-5-11(6-4-9)8(13)14/h1-2H,3-6H2,(H,10,12)(H,13,14). The second kappa shape index (κ2) is 3.01. The van der Waals surface area contributed by atoms with Crippen LogP contribution in [0.2, 0.25) is 0 Å². The zero-order valence-electron chi connectivity index (χ0n) is 7.69. The molecule has 14 heavy (non-hydrogen) atoms. The first-order valence-corrected chi connectivity index (χ1v) is 4.61. The first kappa shape index (κ1) is 9.05. The zero-order valence-corrected chi connectivity index (χ0v) is 7.69. The molecule has 0 atom stereocenters. The molecule has 2 heterocycles. The first-order valence-electron chi connectivity index (χ1n) is 4.61. The third-order valence-corrected chi connectivity index (χ3v) is 2.85. The van der Waals surface area contributed by atoms with Crippen molar-refractivity contribution < 1.29 is 14.7 Å². The van der Waals surface area contributed by atoms with Gasteiger partial charge in [0.2, 0.25) is 5.91 Å². The lowest BCUT2D eigenvalue weighted by molar-refractivity contribution is -0.117. The van der Waals surface area contributed by atoms with Crippen LogP contribution in [-0.4, -0.2) is 40.6 Å². The second-order valence-electron chi connectivity index (χ2n) is 3.75. The molecule has 1 saturated heterocycles. The monoisotopic (exact) mass is 196 g/mol. The van der Waals surface area contributed by atoms with E-state index >= 15 is 0 Å². The topological polar surface area (TPSA) is 69.6 Å². The fourth-order valence-electron chi connectivity index (χ4n) is 1.95. The summed E-state index contributed by atoms with van der Waals surface area (Å²) in [7, 11) is 0. The van der Waals surface area contributed by atoms with Crippen LogP contribution in [0.4, 0.5) is 4.79 Å². The summed E-state index contributed by atoms with van der Waals surface area (Å²) in [5, 5.41) is 11.6. The Morgan fingerprint density at radius 2 is 2.14 bits per heavy atom. The number of carbonyl (C=O) groups excluding carboxylic acids is 1. The van der Waals surface area contributed by atoms with Crippen LogP contribution in [0.5, 0.6) is 0 Å². The number of nitrogens with one attached hydrogen (secondary N) is 1. The average Bonchev–Trinajstić information content (AvgIpc) is 2.48. The van der Waals surface area contributed by atoms with Crippen LogP contribution in [-0.2, 0) is 4.79 Å². The lowest BCUT2D eigenvalue weighted by atomic mass is 9.89. The molecule has 0 unspecified atom stereocenters. The molecule has 1 spiro atoms. The van der Waals surface area contributed by atoms with Crippen molar-refractivity contribution in [1.82, 2.24) is 10.2 Å². The average molecular weight is 196 g/mol. The quantitative estimate of drug-likeness (QED) is 0.581. The van der Waals surface area contributed by atoms with E-state index in [0.717, 1.165) is 0 Å². The molecule has 0 bridgehead atoms. The van der Waals surface area contributed by atoms with Gasteiger partial charge in [0.1, 0.15) is 0 Å². The Morgan fingerprint density at radius 3 is 2.57 bits per heavy atom. The number of hydrogen-bond donors (Lipinski definition) is 2. The maximum atomic E-state index is 11.0. The van der Waals surface area contributed by atoms with Gasteiger partial charge in [0, 0.05) is 19.2 Å². The summed E-state index contributed by atoms with van der Waals surface area (Å²) in [6.45, 7) is 0.972. The number of carboxylic acid groups (broad SMARTS) is 1. The van der Waals surface area contributed by atoms with Crippen molar-refractivity contribution in [2.75, 3.05) is 13.1 Å². The van der Waals surface area contributed by atoms with E-state index < -0.39 is 6.09 Å². The van der Waals surface area contributed by atoms with Crippen molar-refractivity contribution in [3.05, 3.63) is 12.2 Å². The van der Waals surface area contributed by atoms with Crippen molar-refractivity contribution in [1.29, 1.82) is 0 Å². The van der Waals surface area contributed by atoms with E-state index in [4.69, 9.17) is 5.11 Å². The highest BCUT2D eigenvalue weighted by atomic mass is 16.4. The molecular weight excluding hydrogens is 184 g/mol. The smallest absolute Gasteiger partial charge is 0.407 e. The van der Waals surface area contributed by atoms with E-state index in [1.165, 1.54) is 11.0 Å². The van der Waals surface area contributed by atoms with Crippen LogP contribution in [0.25, 0.3) is 0 Å². The van der Waals surface area contributed by atoms with Crippen LogP contribution in [0.15, 0.2) is 12.2 Å². The molecule has 0 aromatic heterocycles. The van der Waals surface area contributed by atoms with Crippen LogP contribution < -0.4 is 5.32 Å². The van der Waals surface area contributed by atoms with Gasteiger partial charge in [-0.15, -0.1) is 0 Å². The minimum Gasteiger partial charge on any atom is -0.465 e. The van der Waals surface area contributed by atoms with Gasteiger partial charge in [0.15, 0.2) is 0 Å². The minimum atomic E-state index is -0.881.